The van der Waals surface area contributed by atoms with Gasteiger partial charge in [0.25, 0.3) is 0 Å². The number of para-hydroxylation sites is 1. The fourth-order valence-electron chi connectivity index (χ4n) is 1.80. The van der Waals surface area contributed by atoms with E-state index in [9.17, 15) is 4.39 Å². The average Bonchev–Trinajstić information content (AvgIpc) is 2.77. The number of halogens is 3. The van der Waals surface area contributed by atoms with Gasteiger partial charge in [0.1, 0.15) is 11.3 Å². The van der Waals surface area contributed by atoms with E-state index in [4.69, 9.17) is 11.6 Å². The molecule has 0 atom stereocenters. The Hall–Kier alpha value is -1.14. The fraction of sp³-hybridized carbons (Fsp3) is 0. The monoisotopic (exact) mass is 372 g/mol. The Morgan fingerprint density at radius 2 is 2.06 bits per heavy atom. The smallest absolute Gasteiger partial charge is 0.151 e. The third-order valence-corrected chi connectivity index (χ3v) is 3.82. The van der Waals surface area contributed by atoms with Crippen LogP contribution in [0, 0.1) is 9.39 Å². The summed E-state index contributed by atoms with van der Waals surface area (Å²) in [5, 5.41) is 0.631. The Morgan fingerprint density at radius 1 is 1.22 bits per heavy atom. The van der Waals surface area contributed by atoms with Crippen molar-refractivity contribution in [1.29, 1.82) is 0 Å². The van der Waals surface area contributed by atoms with Gasteiger partial charge in [0.2, 0.25) is 0 Å². The lowest BCUT2D eigenvalue weighted by molar-refractivity contribution is 0.637. The summed E-state index contributed by atoms with van der Waals surface area (Å²) < 4.78 is 14.6. The molecule has 0 bridgehead atoms. The van der Waals surface area contributed by atoms with Gasteiger partial charge in [-0.15, -0.1) is 0 Å². The van der Waals surface area contributed by atoms with E-state index in [0.29, 0.717) is 21.9 Å². The van der Waals surface area contributed by atoms with Gasteiger partial charge in [-0.3, -0.25) is 0 Å². The second-order valence-corrected chi connectivity index (χ2v) is 5.44. The topological polar surface area (TPSA) is 28.7 Å². The van der Waals surface area contributed by atoms with Gasteiger partial charge in [0.15, 0.2) is 5.82 Å². The quantitative estimate of drug-likeness (QED) is 0.620. The lowest BCUT2D eigenvalue weighted by Crippen LogP contribution is -1.85. The number of benzene rings is 2. The number of H-pyrrole nitrogens is 1. The summed E-state index contributed by atoms with van der Waals surface area (Å²) >= 11 is 8.18. The van der Waals surface area contributed by atoms with Crippen molar-refractivity contribution in [3.05, 3.63) is 50.8 Å². The lowest BCUT2D eigenvalue weighted by atomic mass is 10.2. The van der Waals surface area contributed by atoms with Crippen LogP contribution in [0.2, 0.25) is 5.02 Å². The summed E-state index contributed by atoms with van der Waals surface area (Å²) in [6.45, 7) is 0. The molecule has 0 saturated heterocycles. The second-order valence-electron chi connectivity index (χ2n) is 3.85. The molecule has 0 saturated carbocycles. The van der Waals surface area contributed by atoms with Crippen molar-refractivity contribution in [1.82, 2.24) is 9.97 Å². The first-order chi connectivity index (χ1) is 8.65. The predicted octanol–water partition coefficient (Wildman–Crippen LogP) is 4.63. The van der Waals surface area contributed by atoms with Crippen molar-refractivity contribution < 1.29 is 4.39 Å². The lowest BCUT2D eigenvalue weighted by Gasteiger charge is -2.00. The Kier molecular flexibility index (Phi) is 2.99. The van der Waals surface area contributed by atoms with E-state index in [1.165, 1.54) is 6.07 Å². The van der Waals surface area contributed by atoms with E-state index in [0.717, 1.165) is 9.13 Å². The van der Waals surface area contributed by atoms with Gasteiger partial charge in [-0.2, -0.15) is 0 Å². The molecule has 3 aromatic rings. The van der Waals surface area contributed by atoms with Crippen LogP contribution < -0.4 is 0 Å². The maximum Gasteiger partial charge on any atom is 0.151 e. The first-order valence-electron chi connectivity index (χ1n) is 5.25. The molecule has 1 heterocycles. The van der Waals surface area contributed by atoms with Crippen molar-refractivity contribution >= 4 is 45.2 Å². The normalized spacial score (nSPS) is 11.1. The Labute approximate surface area is 121 Å². The molecule has 3 rings (SSSR count). The van der Waals surface area contributed by atoms with Crippen LogP contribution in [0.1, 0.15) is 0 Å². The van der Waals surface area contributed by atoms with Crippen LogP contribution in [-0.4, -0.2) is 9.97 Å². The standard InChI is InChI=1S/C13H7ClFIN2/c14-7-4-5-10(16)8(6-7)13-17-11-3-1-2-9(15)12(11)18-13/h1-6H,(H,17,18). The van der Waals surface area contributed by atoms with E-state index in [2.05, 4.69) is 32.6 Å². The Morgan fingerprint density at radius 3 is 2.83 bits per heavy atom. The minimum absolute atomic E-state index is 0.327. The minimum Gasteiger partial charge on any atom is -0.338 e. The summed E-state index contributed by atoms with van der Waals surface area (Å²) in [4.78, 5) is 7.40. The van der Waals surface area contributed by atoms with E-state index in [1.807, 2.05) is 18.2 Å². The Bertz CT molecular complexity index is 739. The van der Waals surface area contributed by atoms with Gasteiger partial charge in [0, 0.05) is 14.2 Å². The van der Waals surface area contributed by atoms with Gasteiger partial charge in [-0.1, -0.05) is 17.7 Å². The molecule has 2 aromatic carbocycles. The van der Waals surface area contributed by atoms with Crippen molar-refractivity contribution in [2.24, 2.45) is 0 Å². The van der Waals surface area contributed by atoms with Crippen LogP contribution in [-0.2, 0) is 0 Å². The number of aromatic amines is 1. The molecule has 0 aliphatic heterocycles. The van der Waals surface area contributed by atoms with Gasteiger partial charge in [-0.25, -0.2) is 9.37 Å². The zero-order valence-corrected chi connectivity index (χ0v) is 12.0. The molecule has 2 nitrogen and oxygen atoms in total. The predicted molar refractivity (Wildman–Crippen MR) is 79.2 cm³/mol. The number of rotatable bonds is 1. The third kappa shape index (κ3) is 1.99. The van der Waals surface area contributed by atoms with Crippen LogP contribution in [0.25, 0.3) is 22.4 Å². The first-order valence-corrected chi connectivity index (χ1v) is 6.70. The SMILES string of the molecule is Fc1cccc2[nH]c(-c3cc(Cl)ccc3I)nc12. The van der Waals surface area contributed by atoms with Crippen molar-refractivity contribution in [3.8, 4) is 11.4 Å². The maximum absolute atomic E-state index is 13.6. The molecule has 0 aliphatic rings. The molecule has 0 spiro atoms. The highest BCUT2D eigenvalue weighted by atomic mass is 127. The number of nitrogens with one attached hydrogen (secondary N) is 1. The molecule has 0 radical (unpaired) electrons. The van der Waals surface area contributed by atoms with Crippen LogP contribution in [0.4, 0.5) is 4.39 Å². The first kappa shape index (κ1) is 11.9. The maximum atomic E-state index is 13.6. The molecule has 0 unspecified atom stereocenters. The average molecular weight is 373 g/mol. The van der Waals surface area contributed by atoms with Gasteiger partial charge in [0.05, 0.1) is 5.52 Å². The number of nitrogens with zero attached hydrogens (tertiary/aromatic N) is 1. The molecule has 0 amide bonds. The number of imidazole rings is 1. The van der Waals surface area contributed by atoms with Crippen molar-refractivity contribution in [2.45, 2.75) is 0 Å². The number of hydrogen-bond donors (Lipinski definition) is 1. The molecule has 90 valence electrons. The summed E-state index contributed by atoms with van der Waals surface area (Å²) in [6.07, 6.45) is 0. The van der Waals surface area contributed by atoms with Crippen molar-refractivity contribution in [2.75, 3.05) is 0 Å². The molecular formula is C13H7ClFIN2. The summed E-state index contributed by atoms with van der Waals surface area (Å²) in [5.41, 5.74) is 1.91. The van der Waals surface area contributed by atoms with E-state index in [-0.39, 0.29) is 5.82 Å². The highest BCUT2D eigenvalue weighted by molar-refractivity contribution is 14.1. The second kappa shape index (κ2) is 4.51. The molecule has 18 heavy (non-hydrogen) atoms. The van der Waals surface area contributed by atoms with Crippen LogP contribution in [0.3, 0.4) is 0 Å². The molecular weight excluding hydrogens is 366 g/mol. The van der Waals surface area contributed by atoms with E-state index >= 15 is 0 Å². The van der Waals surface area contributed by atoms with Crippen LogP contribution >= 0.6 is 34.2 Å². The van der Waals surface area contributed by atoms with Gasteiger partial charge < -0.3 is 4.98 Å². The third-order valence-electron chi connectivity index (χ3n) is 2.65. The minimum atomic E-state index is -0.327. The highest BCUT2D eigenvalue weighted by Gasteiger charge is 2.11. The van der Waals surface area contributed by atoms with Crippen molar-refractivity contribution in [3.63, 3.8) is 0 Å². The number of aromatic nitrogens is 2. The largest absolute Gasteiger partial charge is 0.338 e. The molecule has 1 aromatic heterocycles. The Balaban J connectivity index is 2.26. The number of fused-ring (bicyclic) bond motifs is 1. The zero-order chi connectivity index (χ0) is 12.7. The summed E-state index contributed by atoms with van der Waals surface area (Å²) in [6, 6.07) is 10.4. The highest BCUT2D eigenvalue weighted by Crippen LogP contribution is 2.28. The van der Waals surface area contributed by atoms with E-state index < -0.39 is 0 Å². The van der Waals surface area contributed by atoms with Crippen LogP contribution in [0.15, 0.2) is 36.4 Å². The molecule has 0 aliphatic carbocycles. The molecule has 0 fully saturated rings. The number of hydrogen-bond acceptors (Lipinski definition) is 1. The van der Waals surface area contributed by atoms with Gasteiger partial charge >= 0.3 is 0 Å². The summed E-state index contributed by atoms with van der Waals surface area (Å²) in [5.74, 6) is 0.300. The fourth-order valence-corrected chi connectivity index (χ4v) is 2.57. The molecule has 5 heteroatoms. The van der Waals surface area contributed by atoms with Gasteiger partial charge in [-0.05, 0) is 52.9 Å². The zero-order valence-electron chi connectivity index (χ0n) is 9.05. The summed E-state index contributed by atoms with van der Waals surface area (Å²) in [7, 11) is 0. The van der Waals surface area contributed by atoms with Crippen LogP contribution in [0.5, 0.6) is 0 Å². The molecule has 1 N–H and O–H groups in total. The van der Waals surface area contributed by atoms with E-state index in [1.54, 1.807) is 12.1 Å².